The lowest BCUT2D eigenvalue weighted by atomic mass is 10.1. The van der Waals surface area contributed by atoms with Crippen molar-refractivity contribution < 1.29 is 9.47 Å². The van der Waals surface area contributed by atoms with E-state index in [-0.39, 0.29) is 11.6 Å². The first-order chi connectivity index (χ1) is 8.90. The van der Waals surface area contributed by atoms with Crippen LogP contribution in [0.2, 0.25) is 5.02 Å². The van der Waals surface area contributed by atoms with E-state index in [0.717, 1.165) is 17.1 Å². The van der Waals surface area contributed by atoms with Crippen molar-refractivity contribution >= 4 is 11.6 Å². The van der Waals surface area contributed by atoms with Gasteiger partial charge in [0.1, 0.15) is 0 Å². The standard InChI is InChI=1S/C15H24ClNO2/c1-15(2,3)17-9-14(11-18-4)19-10-12-6-5-7-13(16)8-12/h5-8,14,17H,9-11H2,1-4H3. The Morgan fingerprint density at radius 3 is 2.63 bits per heavy atom. The molecule has 1 atom stereocenters. The first-order valence-corrected chi connectivity index (χ1v) is 6.88. The summed E-state index contributed by atoms with van der Waals surface area (Å²) in [5.41, 5.74) is 1.15. The molecule has 1 aromatic carbocycles. The van der Waals surface area contributed by atoms with Crippen LogP contribution in [-0.4, -0.2) is 31.9 Å². The zero-order chi connectivity index (χ0) is 14.3. The minimum absolute atomic E-state index is 0.0307. The van der Waals surface area contributed by atoms with Crippen LogP contribution < -0.4 is 5.32 Å². The van der Waals surface area contributed by atoms with Crippen molar-refractivity contribution in [3.05, 3.63) is 34.9 Å². The summed E-state index contributed by atoms with van der Waals surface area (Å²) in [4.78, 5) is 0. The van der Waals surface area contributed by atoms with Gasteiger partial charge in [-0.15, -0.1) is 0 Å². The quantitative estimate of drug-likeness (QED) is 0.834. The molecule has 0 amide bonds. The van der Waals surface area contributed by atoms with Crippen LogP contribution in [0.1, 0.15) is 26.3 Å². The summed E-state index contributed by atoms with van der Waals surface area (Å²) >= 11 is 5.95. The molecule has 0 fully saturated rings. The SMILES string of the molecule is COCC(CNC(C)(C)C)OCc1cccc(Cl)c1. The molecule has 0 bridgehead atoms. The van der Waals surface area contributed by atoms with Gasteiger partial charge in [0.05, 0.1) is 19.3 Å². The average Bonchev–Trinajstić information content (AvgIpc) is 2.32. The fourth-order valence-electron chi connectivity index (χ4n) is 1.61. The smallest absolute Gasteiger partial charge is 0.0937 e. The van der Waals surface area contributed by atoms with Gasteiger partial charge in [0.25, 0.3) is 0 Å². The third-order valence-corrected chi connectivity index (χ3v) is 2.82. The number of nitrogens with one attached hydrogen (secondary N) is 1. The maximum Gasteiger partial charge on any atom is 0.0937 e. The Kier molecular flexibility index (Phi) is 6.80. The summed E-state index contributed by atoms with van der Waals surface area (Å²) < 4.78 is 11.1. The van der Waals surface area contributed by atoms with E-state index in [4.69, 9.17) is 21.1 Å². The van der Waals surface area contributed by atoms with Crippen LogP contribution in [-0.2, 0) is 16.1 Å². The molecule has 0 saturated carbocycles. The van der Waals surface area contributed by atoms with E-state index >= 15 is 0 Å². The molecular formula is C15H24ClNO2. The van der Waals surface area contributed by atoms with Gasteiger partial charge in [0.15, 0.2) is 0 Å². The summed E-state index contributed by atoms with van der Waals surface area (Å²) in [5.74, 6) is 0. The molecule has 0 aromatic heterocycles. The van der Waals surface area contributed by atoms with Crippen molar-refractivity contribution in [3.63, 3.8) is 0 Å². The van der Waals surface area contributed by atoms with Crippen molar-refractivity contribution in [2.75, 3.05) is 20.3 Å². The van der Waals surface area contributed by atoms with Gasteiger partial charge in [-0.2, -0.15) is 0 Å². The summed E-state index contributed by atoms with van der Waals surface area (Å²) in [6, 6.07) is 7.72. The topological polar surface area (TPSA) is 30.5 Å². The fourth-order valence-corrected chi connectivity index (χ4v) is 1.83. The molecule has 19 heavy (non-hydrogen) atoms. The molecule has 3 nitrogen and oxygen atoms in total. The Hall–Kier alpha value is -0.610. The predicted molar refractivity (Wildman–Crippen MR) is 79.7 cm³/mol. The van der Waals surface area contributed by atoms with Gasteiger partial charge < -0.3 is 14.8 Å². The fraction of sp³-hybridized carbons (Fsp3) is 0.600. The molecule has 0 aliphatic rings. The minimum atomic E-state index is 0.0307. The van der Waals surface area contributed by atoms with Crippen LogP contribution in [0.3, 0.4) is 0 Å². The van der Waals surface area contributed by atoms with Crippen LogP contribution >= 0.6 is 11.6 Å². The van der Waals surface area contributed by atoms with Gasteiger partial charge in [-0.05, 0) is 38.5 Å². The maximum atomic E-state index is 5.95. The van der Waals surface area contributed by atoms with E-state index in [1.807, 2.05) is 24.3 Å². The number of ether oxygens (including phenoxy) is 2. The van der Waals surface area contributed by atoms with Crippen molar-refractivity contribution in [2.24, 2.45) is 0 Å². The third kappa shape index (κ3) is 7.53. The third-order valence-electron chi connectivity index (χ3n) is 2.59. The average molecular weight is 286 g/mol. The molecule has 1 rings (SSSR count). The molecule has 1 N–H and O–H groups in total. The predicted octanol–water partition coefficient (Wildman–Crippen LogP) is 3.26. The van der Waals surface area contributed by atoms with Gasteiger partial charge >= 0.3 is 0 Å². The molecule has 0 aliphatic carbocycles. The highest BCUT2D eigenvalue weighted by molar-refractivity contribution is 6.30. The van der Waals surface area contributed by atoms with Crippen LogP contribution in [0.5, 0.6) is 0 Å². The summed E-state index contributed by atoms with van der Waals surface area (Å²) in [5, 5.41) is 4.16. The lowest BCUT2D eigenvalue weighted by molar-refractivity contribution is -0.0128. The Balaban J connectivity index is 2.45. The van der Waals surface area contributed by atoms with Crippen molar-refractivity contribution in [1.29, 1.82) is 0 Å². The molecule has 0 heterocycles. The molecule has 0 aliphatic heterocycles. The number of hydrogen-bond acceptors (Lipinski definition) is 3. The summed E-state index contributed by atoms with van der Waals surface area (Å²) in [6.45, 7) is 8.28. The van der Waals surface area contributed by atoms with E-state index in [1.54, 1.807) is 7.11 Å². The second-order valence-corrected chi connectivity index (χ2v) is 6.09. The van der Waals surface area contributed by atoms with Crippen LogP contribution in [0.4, 0.5) is 0 Å². The highest BCUT2D eigenvalue weighted by Crippen LogP contribution is 2.12. The second kappa shape index (κ2) is 7.85. The zero-order valence-electron chi connectivity index (χ0n) is 12.2. The number of hydrogen-bond donors (Lipinski definition) is 1. The van der Waals surface area contributed by atoms with Crippen molar-refractivity contribution in [1.82, 2.24) is 5.32 Å². The Labute approximate surface area is 121 Å². The summed E-state index contributed by atoms with van der Waals surface area (Å²) in [7, 11) is 1.69. The molecule has 108 valence electrons. The number of benzene rings is 1. The Morgan fingerprint density at radius 1 is 1.32 bits per heavy atom. The van der Waals surface area contributed by atoms with Crippen molar-refractivity contribution in [3.8, 4) is 0 Å². The molecule has 0 radical (unpaired) electrons. The van der Waals surface area contributed by atoms with Gasteiger partial charge in [-0.1, -0.05) is 23.7 Å². The van der Waals surface area contributed by atoms with Gasteiger partial charge in [0, 0.05) is 24.2 Å². The van der Waals surface area contributed by atoms with E-state index in [0.29, 0.717) is 13.2 Å². The van der Waals surface area contributed by atoms with Crippen LogP contribution in [0, 0.1) is 0 Å². The molecular weight excluding hydrogens is 262 g/mol. The van der Waals surface area contributed by atoms with E-state index in [1.165, 1.54) is 0 Å². The largest absolute Gasteiger partial charge is 0.382 e. The Morgan fingerprint density at radius 2 is 2.05 bits per heavy atom. The Bertz CT molecular complexity index is 377. The van der Waals surface area contributed by atoms with Gasteiger partial charge in [-0.25, -0.2) is 0 Å². The molecule has 4 heteroatoms. The van der Waals surface area contributed by atoms with Crippen LogP contribution in [0.15, 0.2) is 24.3 Å². The first kappa shape index (κ1) is 16.4. The molecule has 0 spiro atoms. The van der Waals surface area contributed by atoms with Crippen LogP contribution in [0.25, 0.3) is 0 Å². The number of rotatable bonds is 7. The number of halogens is 1. The first-order valence-electron chi connectivity index (χ1n) is 6.51. The lowest BCUT2D eigenvalue weighted by Gasteiger charge is -2.25. The molecule has 1 unspecified atom stereocenters. The number of methoxy groups -OCH3 is 1. The molecule has 0 saturated heterocycles. The van der Waals surface area contributed by atoms with E-state index in [9.17, 15) is 0 Å². The van der Waals surface area contributed by atoms with Crippen molar-refractivity contribution in [2.45, 2.75) is 39.0 Å². The van der Waals surface area contributed by atoms with Gasteiger partial charge in [-0.3, -0.25) is 0 Å². The summed E-state index contributed by atoms with van der Waals surface area (Å²) in [6.07, 6.45) is 0.0307. The normalized spacial score (nSPS) is 13.5. The zero-order valence-corrected chi connectivity index (χ0v) is 13.0. The highest BCUT2D eigenvalue weighted by Gasteiger charge is 2.14. The monoisotopic (exact) mass is 285 g/mol. The van der Waals surface area contributed by atoms with E-state index in [2.05, 4.69) is 26.1 Å². The van der Waals surface area contributed by atoms with E-state index < -0.39 is 0 Å². The maximum absolute atomic E-state index is 5.95. The van der Waals surface area contributed by atoms with Gasteiger partial charge in [0.2, 0.25) is 0 Å². The lowest BCUT2D eigenvalue weighted by Crippen LogP contribution is -2.43. The second-order valence-electron chi connectivity index (χ2n) is 5.65. The highest BCUT2D eigenvalue weighted by atomic mass is 35.5. The minimum Gasteiger partial charge on any atom is -0.382 e. The molecule has 1 aromatic rings.